The maximum atomic E-state index is 12.4. The zero-order chi connectivity index (χ0) is 20.9. The van der Waals surface area contributed by atoms with E-state index in [4.69, 9.17) is 0 Å². The molecule has 3 rings (SSSR count). The molecule has 1 fully saturated rings. The molecule has 2 N–H and O–H groups in total. The molecular weight excluding hydrogens is 392 g/mol. The Morgan fingerprint density at radius 3 is 2.41 bits per heavy atom. The monoisotopic (exact) mass is 418 g/mol. The molecule has 1 aliphatic rings. The molecule has 10 nitrogen and oxygen atoms in total. The second kappa shape index (κ2) is 9.12. The van der Waals surface area contributed by atoms with Gasteiger partial charge in [-0.2, -0.15) is 0 Å². The topological polar surface area (TPSA) is 116 Å². The van der Waals surface area contributed by atoms with E-state index in [1.165, 1.54) is 11.3 Å². The van der Waals surface area contributed by atoms with Gasteiger partial charge in [0.2, 0.25) is 17.0 Å². The summed E-state index contributed by atoms with van der Waals surface area (Å²) < 4.78 is 0. The number of aromatic nitrogens is 4. The van der Waals surface area contributed by atoms with Crippen LogP contribution in [0.1, 0.15) is 32.2 Å². The van der Waals surface area contributed by atoms with Gasteiger partial charge in [0.15, 0.2) is 0 Å². The van der Waals surface area contributed by atoms with E-state index in [1.807, 2.05) is 20.8 Å². The van der Waals surface area contributed by atoms with E-state index in [-0.39, 0.29) is 30.3 Å². The normalized spacial score (nSPS) is 14.6. The Morgan fingerprint density at radius 2 is 1.79 bits per heavy atom. The van der Waals surface area contributed by atoms with Gasteiger partial charge in [-0.25, -0.2) is 14.8 Å². The number of piperazine rings is 1. The first-order valence-corrected chi connectivity index (χ1v) is 10.3. The lowest BCUT2D eigenvalue weighted by Gasteiger charge is -2.34. The highest BCUT2D eigenvalue weighted by atomic mass is 32.1. The van der Waals surface area contributed by atoms with E-state index in [0.717, 1.165) is 5.01 Å². The Labute approximate surface area is 173 Å². The summed E-state index contributed by atoms with van der Waals surface area (Å²) in [4.78, 5) is 36.7. The van der Waals surface area contributed by atoms with Crippen molar-refractivity contribution < 1.29 is 9.59 Å². The molecule has 3 heterocycles. The van der Waals surface area contributed by atoms with Crippen molar-refractivity contribution in [2.75, 3.05) is 42.9 Å². The van der Waals surface area contributed by atoms with Crippen LogP contribution in [0.4, 0.5) is 15.9 Å². The number of carbonyl (C=O) groups excluding carboxylic acids is 2. The van der Waals surface area contributed by atoms with Crippen molar-refractivity contribution in [1.82, 2.24) is 30.4 Å². The summed E-state index contributed by atoms with van der Waals surface area (Å²) in [6.07, 6.45) is 3.67. The number of hydrogen-bond donors (Lipinski definition) is 2. The predicted octanol–water partition coefficient (Wildman–Crippen LogP) is 1.49. The van der Waals surface area contributed by atoms with Crippen molar-refractivity contribution >= 4 is 34.4 Å². The van der Waals surface area contributed by atoms with Crippen LogP contribution in [0.25, 0.3) is 0 Å². The summed E-state index contributed by atoms with van der Waals surface area (Å²) in [6.45, 7) is 8.99. The largest absolute Gasteiger partial charge is 0.339 e. The van der Waals surface area contributed by atoms with Gasteiger partial charge in [0.1, 0.15) is 5.01 Å². The molecule has 2 aromatic heterocycles. The number of rotatable bonds is 5. The highest BCUT2D eigenvalue weighted by molar-refractivity contribution is 7.15. The average molecular weight is 419 g/mol. The minimum absolute atomic E-state index is 0.0184. The quantitative estimate of drug-likeness (QED) is 0.755. The lowest BCUT2D eigenvalue weighted by atomic mass is 9.98. The predicted molar refractivity (Wildman–Crippen MR) is 111 cm³/mol. The number of hydrogen-bond acceptors (Lipinski definition) is 8. The van der Waals surface area contributed by atoms with E-state index in [0.29, 0.717) is 37.3 Å². The van der Waals surface area contributed by atoms with Crippen LogP contribution in [0.3, 0.4) is 0 Å². The molecule has 0 radical (unpaired) electrons. The van der Waals surface area contributed by atoms with Gasteiger partial charge in [0.25, 0.3) is 0 Å². The third-order valence-electron chi connectivity index (χ3n) is 4.38. The molecule has 156 valence electrons. The van der Waals surface area contributed by atoms with Crippen LogP contribution < -0.4 is 15.5 Å². The molecule has 11 heteroatoms. The number of nitrogens with one attached hydrogen (secondary N) is 2. The first-order chi connectivity index (χ1) is 13.8. The zero-order valence-corrected chi connectivity index (χ0v) is 17.7. The zero-order valence-electron chi connectivity index (χ0n) is 16.9. The summed E-state index contributed by atoms with van der Waals surface area (Å²) in [7, 11) is 0. The summed E-state index contributed by atoms with van der Waals surface area (Å²) in [5.41, 5.74) is -0.114. The second-order valence-electron chi connectivity index (χ2n) is 7.71. The van der Waals surface area contributed by atoms with Crippen molar-refractivity contribution in [3.63, 3.8) is 0 Å². The molecule has 0 spiro atoms. The Kier molecular flexibility index (Phi) is 6.57. The number of nitrogens with zero attached hydrogens (tertiary/aromatic N) is 6. The first-order valence-electron chi connectivity index (χ1n) is 9.51. The lowest BCUT2D eigenvalue weighted by molar-refractivity contribution is -0.131. The van der Waals surface area contributed by atoms with Crippen molar-refractivity contribution in [2.24, 2.45) is 0 Å². The van der Waals surface area contributed by atoms with Gasteiger partial charge in [-0.15, -0.1) is 10.2 Å². The van der Waals surface area contributed by atoms with Crippen LogP contribution in [0, 0.1) is 0 Å². The molecule has 2 aromatic rings. The van der Waals surface area contributed by atoms with Gasteiger partial charge < -0.3 is 15.1 Å². The second-order valence-corrected chi connectivity index (χ2v) is 8.69. The van der Waals surface area contributed by atoms with E-state index in [2.05, 4.69) is 35.7 Å². The molecule has 0 saturated carbocycles. The third-order valence-corrected chi connectivity index (χ3v) is 5.64. The molecule has 1 aliphatic heterocycles. The van der Waals surface area contributed by atoms with Crippen molar-refractivity contribution in [2.45, 2.75) is 32.6 Å². The Balaban J connectivity index is 1.37. The molecule has 0 unspecified atom stereocenters. The molecule has 1 saturated heterocycles. The Bertz CT molecular complexity index is 828. The number of amides is 3. The minimum Gasteiger partial charge on any atom is -0.339 e. The molecule has 29 heavy (non-hydrogen) atoms. The van der Waals surface area contributed by atoms with E-state index >= 15 is 0 Å². The number of carbonyl (C=O) groups is 2. The summed E-state index contributed by atoms with van der Waals surface area (Å²) in [5.74, 6) is 0.703. The van der Waals surface area contributed by atoms with Crippen LogP contribution in [-0.4, -0.2) is 69.7 Å². The molecule has 0 atom stereocenters. The summed E-state index contributed by atoms with van der Waals surface area (Å²) in [5, 5.41) is 14.7. The minimum atomic E-state index is -0.388. The van der Waals surface area contributed by atoms with Gasteiger partial charge in [-0.3, -0.25) is 10.1 Å². The van der Waals surface area contributed by atoms with Crippen LogP contribution in [0.2, 0.25) is 0 Å². The first kappa shape index (κ1) is 20.9. The maximum Gasteiger partial charge on any atom is 0.321 e. The Morgan fingerprint density at radius 1 is 1.10 bits per heavy atom. The molecule has 3 amide bonds. The summed E-state index contributed by atoms with van der Waals surface area (Å²) in [6, 6.07) is 1.39. The average Bonchev–Trinajstić information content (AvgIpc) is 3.17. The number of anilines is 2. The van der Waals surface area contributed by atoms with Crippen molar-refractivity contribution in [3.8, 4) is 0 Å². The van der Waals surface area contributed by atoms with E-state index < -0.39 is 0 Å². The van der Waals surface area contributed by atoms with Crippen LogP contribution in [0.5, 0.6) is 0 Å². The smallest absolute Gasteiger partial charge is 0.321 e. The fourth-order valence-electron chi connectivity index (χ4n) is 2.77. The van der Waals surface area contributed by atoms with Crippen molar-refractivity contribution in [1.29, 1.82) is 0 Å². The fourth-order valence-corrected chi connectivity index (χ4v) is 3.57. The fraction of sp³-hybridized carbons (Fsp3) is 0.556. The van der Waals surface area contributed by atoms with Crippen molar-refractivity contribution in [3.05, 3.63) is 23.5 Å². The van der Waals surface area contributed by atoms with Gasteiger partial charge in [-0.05, 0) is 6.07 Å². The molecular formula is C18H26N8O2S. The Hall–Kier alpha value is -2.82. The van der Waals surface area contributed by atoms with Crippen LogP contribution in [0.15, 0.2) is 18.5 Å². The van der Waals surface area contributed by atoms with Crippen LogP contribution in [-0.2, 0) is 10.2 Å². The number of urea groups is 1. The molecule has 0 aromatic carbocycles. The van der Waals surface area contributed by atoms with Gasteiger partial charge in [-0.1, -0.05) is 32.1 Å². The van der Waals surface area contributed by atoms with E-state index in [9.17, 15) is 9.59 Å². The standard InChI is InChI=1S/C18H26N8O2S/c1-18(2,3)14-23-24-17(29-14)22-16(28)21-8-5-13(27)25-9-11-26(12-10-25)15-19-6-4-7-20-15/h4,6-7H,5,8-12H2,1-3H3,(H2,21,22,24,28). The summed E-state index contributed by atoms with van der Waals surface area (Å²) >= 11 is 1.34. The van der Waals surface area contributed by atoms with Gasteiger partial charge >= 0.3 is 6.03 Å². The van der Waals surface area contributed by atoms with Gasteiger partial charge in [0, 0.05) is 57.0 Å². The molecule has 0 bridgehead atoms. The molecule has 0 aliphatic carbocycles. The van der Waals surface area contributed by atoms with Gasteiger partial charge in [0.05, 0.1) is 0 Å². The van der Waals surface area contributed by atoms with E-state index in [1.54, 1.807) is 23.4 Å². The van der Waals surface area contributed by atoms with Crippen LogP contribution >= 0.6 is 11.3 Å². The highest BCUT2D eigenvalue weighted by Gasteiger charge is 2.23. The third kappa shape index (κ3) is 5.83. The SMILES string of the molecule is CC(C)(C)c1nnc(NC(=O)NCCC(=O)N2CCN(c3ncccn3)CC2)s1. The maximum absolute atomic E-state index is 12.4. The highest BCUT2D eigenvalue weighted by Crippen LogP contribution is 2.27. The lowest BCUT2D eigenvalue weighted by Crippen LogP contribution is -2.49.